The van der Waals surface area contributed by atoms with E-state index in [0.717, 1.165) is 0 Å². The normalized spacial score (nSPS) is 24.2. The van der Waals surface area contributed by atoms with Crippen LogP contribution in [0.1, 0.15) is 13.8 Å². The van der Waals surface area contributed by atoms with E-state index >= 15 is 0 Å². The molecule has 1 heterocycles. The highest BCUT2D eigenvalue weighted by atomic mass is 16.3. The van der Waals surface area contributed by atoms with Crippen molar-refractivity contribution in [2.75, 3.05) is 13.1 Å². The van der Waals surface area contributed by atoms with Crippen LogP contribution >= 0.6 is 0 Å². The maximum Gasteiger partial charge on any atom is 0.239 e. The molecule has 0 spiro atoms. The average molecular weight is 158 g/mol. The van der Waals surface area contributed by atoms with Crippen LogP contribution in [-0.4, -0.2) is 40.6 Å². The number of carbonyl (C=O) groups excluding carboxylic acids is 1. The Bertz CT molecular complexity index is 169. The summed E-state index contributed by atoms with van der Waals surface area (Å²) in [4.78, 5) is 12.7. The molecular formula is C7H14N2O2. The van der Waals surface area contributed by atoms with Crippen molar-refractivity contribution in [1.82, 2.24) is 4.90 Å². The van der Waals surface area contributed by atoms with Crippen molar-refractivity contribution in [3.63, 3.8) is 0 Å². The fourth-order valence-electron chi connectivity index (χ4n) is 1.22. The van der Waals surface area contributed by atoms with Gasteiger partial charge in [0, 0.05) is 0 Å². The highest BCUT2D eigenvalue weighted by molar-refractivity contribution is 5.82. The van der Waals surface area contributed by atoms with Gasteiger partial charge in [0.2, 0.25) is 5.91 Å². The number of aliphatic hydroxyl groups is 1. The van der Waals surface area contributed by atoms with Crippen LogP contribution in [0.15, 0.2) is 0 Å². The topological polar surface area (TPSA) is 66.6 Å². The summed E-state index contributed by atoms with van der Waals surface area (Å²) in [5.41, 5.74) is 4.67. The zero-order chi connectivity index (χ0) is 8.65. The highest BCUT2D eigenvalue weighted by Crippen LogP contribution is 2.19. The number of likely N-dealkylation sites (tertiary alicyclic amines) is 1. The molecule has 1 unspecified atom stereocenters. The van der Waals surface area contributed by atoms with Crippen LogP contribution in [0.3, 0.4) is 0 Å². The van der Waals surface area contributed by atoms with E-state index in [-0.39, 0.29) is 5.91 Å². The van der Waals surface area contributed by atoms with Crippen molar-refractivity contribution in [1.29, 1.82) is 0 Å². The molecule has 0 aromatic carbocycles. The number of β-amino-alcohol motifs (C(OH)–C–C–N with tert-alkyl or cyclic N) is 1. The Morgan fingerprint density at radius 2 is 2.18 bits per heavy atom. The Kier molecular flexibility index (Phi) is 1.90. The number of rotatable bonds is 1. The minimum atomic E-state index is -0.690. The van der Waals surface area contributed by atoms with Crippen molar-refractivity contribution in [3.8, 4) is 0 Å². The summed E-state index contributed by atoms with van der Waals surface area (Å²) in [5, 5.41) is 9.28. The fraction of sp³-hybridized carbons (Fsp3) is 0.857. The molecule has 4 nitrogen and oxygen atoms in total. The van der Waals surface area contributed by atoms with Gasteiger partial charge in [-0.3, -0.25) is 4.79 Å². The first-order valence-electron chi connectivity index (χ1n) is 3.69. The third-order valence-electron chi connectivity index (χ3n) is 1.76. The summed E-state index contributed by atoms with van der Waals surface area (Å²) >= 11 is 0. The first-order valence-corrected chi connectivity index (χ1v) is 3.69. The summed E-state index contributed by atoms with van der Waals surface area (Å²) in [6.07, 6.45) is 0. The number of hydrogen-bond donors (Lipinski definition) is 2. The minimum Gasteiger partial charge on any atom is -0.386 e. The van der Waals surface area contributed by atoms with Gasteiger partial charge >= 0.3 is 0 Å². The van der Waals surface area contributed by atoms with Gasteiger partial charge in [0.05, 0.1) is 24.7 Å². The van der Waals surface area contributed by atoms with Gasteiger partial charge in [-0.05, 0) is 13.8 Å². The van der Waals surface area contributed by atoms with Gasteiger partial charge in [0.25, 0.3) is 0 Å². The monoisotopic (exact) mass is 158 g/mol. The van der Waals surface area contributed by atoms with Gasteiger partial charge in [0.1, 0.15) is 0 Å². The molecule has 0 radical (unpaired) electrons. The van der Waals surface area contributed by atoms with Gasteiger partial charge in [-0.1, -0.05) is 0 Å². The number of nitrogens with zero attached hydrogens (tertiary/aromatic N) is 1. The van der Waals surface area contributed by atoms with Crippen molar-refractivity contribution < 1.29 is 9.90 Å². The van der Waals surface area contributed by atoms with Crippen molar-refractivity contribution in [3.05, 3.63) is 0 Å². The SMILES string of the molecule is CC(N)C(=O)N1CC(C)(O)C1. The predicted molar refractivity (Wildman–Crippen MR) is 40.9 cm³/mol. The average Bonchev–Trinajstić information content (AvgIpc) is 1.80. The zero-order valence-corrected chi connectivity index (χ0v) is 6.87. The molecule has 0 aromatic heterocycles. The van der Waals surface area contributed by atoms with Crippen molar-refractivity contribution in [2.24, 2.45) is 5.73 Å². The largest absolute Gasteiger partial charge is 0.386 e. The van der Waals surface area contributed by atoms with E-state index in [0.29, 0.717) is 13.1 Å². The zero-order valence-electron chi connectivity index (χ0n) is 6.87. The van der Waals surface area contributed by atoms with Gasteiger partial charge in [-0.25, -0.2) is 0 Å². The van der Waals surface area contributed by atoms with Crippen LogP contribution in [0.2, 0.25) is 0 Å². The number of hydrogen-bond acceptors (Lipinski definition) is 3. The molecule has 11 heavy (non-hydrogen) atoms. The molecule has 1 rings (SSSR count). The number of nitrogens with two attached hydrogens (primary N) is 1. The standard InChI is InChI=1S/C7H14N2O2/c1-5(8)6(10)9-3-7(2,11)4-9/h5,11H,3-4,8H2,1-2H3. The second kappa shape index (κ2) is 2.46. The van der Waals surface area contributed by atoms with E-state index in [1.54, 1.807) is 18.7 Å². The highest BCUT2D eigenvalue weighted by Gasteiger charge is 2.39. The molecule has 0 bridgehead atoms. The molecule has 0 saturated carbocycles. The van der Waals surface area contributed by atoms with E-state index in [1.807, 2.05) is 0 Å². The Morgan fingerprint density at radius 1 is 1.73 bits per heavy atom. The molecular weight excluding hydrogens is 144 g/mol. The summed E-state index contributed by atoms with van der Waals surface area (Å²) < 4.78 is 0. The minimum absolute atomic E-state index is 0.0866. The van der Waals surface area contributed by atoms with Gasteiger partial charge in [-0.15, -0.1) is 0 Å². The third-order valence-corrected chi connectivity index (χ3v) is 1.76. The summed E-state index contributed by atoms with van der Waals surface area (Å²) in [6, 6.07) is -0.453. The maximum atomic E-state index is 11.1. The van der Waals surface area contributed by atoms with Crippen LogP contribution in [0, 0.1) is 0 Å². The van der Waals surface area contributed by atoms with Crippen molar-refractivity contribution >= 4 is 5.91 Å². The Hall–Kier alpha value is -0.610. The first kappa shape index (κ1) is 8.49. The van der Waals surface area contributed by atoms with Crippen LogP contribution in [0.5, 0.6) is 0 Å². The van der Waals surface area contributed by atoms with Crippen molar-refractivity contribution in [2.45, 2.75) is 25.5 Å². The molecule has 1 atom stereocenters. The molecule has 1 amide bonds. The molecule has 3 N–H and O–H groups in total. The summed E-state index contributed by atoms with van der Waals surface area (Å²) in [5.74, 6) is -0.0866. The quantitative estimate of drug-likeness (QED) is 0.510. The maximum absolute atomic E-state index is 11.1. The fourth-order valence-corrected chi connectivity index (χ4v) is 1.22. The molecule has 1 fully saturated rings. The molecule has 1 saturated heterocycles. The Morgan fingerprint density at radius 3 is 2.45 bits per heavy atom. The molecule has 1 aliphatic heterocycles. The van der Waals surface area contributed by atoms with Gasteiger partial charge in [0.15, 0.2) is 0 Å². The lowest BCUT2D eigenvalue weighted by Crippen LogP contribution is -2.64. The van der Waals surface area contributed by atoms with Gasteiger partial charge < -0.3 is 15.7 Å². The number of carbonyl (C=O) groups is 1. The van der Waals surface area contributed by atoms with E-state index in [1.165, 1.54) is 0 Å². The molecule has 0 aliphatic carbocycles. The smallest absolute Gasteiger partial charge is 0.239 e. The third kappa shape index (κ3) is 1.70. The lowest BCUT2D eigenvalue weighted by atomic mass is 9.96. The lowest BCUT2D eigenvalue weighted by molar-refractivity contribution is -0.153. The van der Waals surface area contributed by atoms with E-state index in [2.05, 4.69) is 0 Å². The predicted octanol–water partition coefficient (Wildman–Crippen LogP) is -1.07. The summed E-state index contributed by atoms with van der Waals surface area (Å²) in [6.45, 7) is 4.17. The number of amides is 1. The molecule has 0 aromatic rings. The van der Waals surface area contributed by atoms with Crippen LogP contribution in [-0.2, 0) is 4.79 Å². The summed E-state index contributed by atoms with van der Waals surface area (Å²) in [7, 11) is 0. The lowest BCUT2D eigenvalue weighted by Gasteiger charge is -2.44. The van der Waals surface area contributed by atoms with E-state index in [4.69, 9.17) is 5.73 Å². The van der Waals surface area contributed by atoms with Crippen LogP contribution < -0.4 is 5.73 Å². The Balaban J connectivity index is 2.38. The Labute approximate surface area is 66.0 Å². The molecule has 4 heteroatoms. The molecule has 64 valence electrons. The molecule has 1 aliphatic rings. The second-order valence-electron chi connectivity index (χ2n) is 3.48. The van der Waals surface area contributed by atoms with Crippen LogP contribution in [0.25, 0.3) is 0 Å². The van der Waals surface area contributed by atoms with Gasteiger partial charge in [-0.2, -0.15) is 0 Å². The van der Waals surface area contributed by atoms with Crippen LogP contribution in [0.4, 0.5) is 0 Å². The van der Waals surface area contributed by atoms with E-state index in [9.17, 15) is 9.90 Å². The first-order chi connectivity index (χ1) is 4.92. The van der Waals surface area contributed by atoms with E-state index < -0.39 is 11.6 Å². The second-order valence-corrected chi connectivity index (χ2v) is 3.48.